The number of hydrogen-bond acceptors (Lipinski definition) is 1. The van der Waals surface area contributed by atoms with Gasteiger partial charge < -0.3 is 5.11 Å². The molecule has 0 aromatic heterocycles. The lowest BCUT2D eigenvalue weighted by atomic mass is 9.84. The maximum Gasteiger partial charge on any atom is 0.306 e. The Morgan fingerprint density at radius 2 is 2.12 bits per heavy atom. The molecule has 8 heavy (non-hydrogen) atoms. The van der Waals surface area contributed by atoms with Crippen LogP contribution in [0, 0.1) is 5.92 Å². The summed E-state index contributed by atoms with van der Waals surface area (Å²) in [5.41, 5.74) is 0. The Labute approximate surface area is 46.3 Å². The molecule has 0 aliphatic heterocycles. The molecular weight excluding hydrogens is 111 g/mol. The zero-order valence-electron chi connectivity index (χ0n) is 4.30. The van der Waals surface area contributed by atoms with Gasteiger partial charge in [0.1, 0.15) is 6.17 Å². The van der Waals surface area contributed by atoms with Gasteiger partial charge in [0.15, 0.2) is 0 Å². The van der Waals surface area contributed by atoms with Gasteiger partial charge in [-0.2, -0.15) is 0 Å². The molecule has 1 aliphatic rings. The highest BCUT2D eigenvalue weighted by Gasteiger charge is 2.34. The highest BCUT2D eigenvalue weighted by atomic mass is 19.1. The molecule has 0 heterocycles. The molecule has 1 saturated carbocycles. The minimum atomic E-state index is -0.862. The summed E-state index contributed by atoms with van der Waals surface area (Å²) in [7, 11) is 0. The van der Waals surface area contributed by atoms with Crippen molar-refractivity contribution in [2.45, 2.75) is 19.0 Å². The summed E-state index contributed by atoms with van der Waals surface area (Å²) in [6, 6.07) is 0. The van der Waals surface area contributed by atoms with Gasteiger partial charge in [-0.05, 0) is 12.8 Å². The maximum atomic E-state index is 11.9. The predicted octanol–water partition coefficient (Wildman–Crippen LogP) is 0.819. The monoisotopic (exact) mass is 118 g/mol. The lowest BCUT2D eigenvalue weighted by molar-refractivity contribution is -0.146. The summed E-state index contributed by atoms with van der Waals surface area (Å²) < 4.78 is 11.9. The van der Waals surface area contributed by atoms with E-state index in [0.29, 0.717) is 0 Å². The molecule has 0 radical (unpaired) electrons. The number of carboxylic acids is 1. The Morgan fingerprint density at radius 1 is 1.62 bits per heavy atom. The first-order valence-electron chi connectivity index (χ1n) is 2.57. The average molecular weight is 118 g/mol. The Bertz CT molecular complexity index is 107. The van der Waals surface area contributed by atoms with Crippen molar-refractivity contribution in [2.24, 2.45) is 5.92 Å². The largest absolute Gasteiger partial charge is 0.481 e. The van der Waals surface area contributed by atoms with Gasteiger partial charge in [0, 0.05) is 0 Å². The van der Waals surface area contributed by atoms with Crippen LogP contribution in [0.5, 0.6) is 0 Å². The normalized spacial score (nSPS) is 36.1. The number of hydrogen-bond donors (Lipinski definition) is 1. The molecule has 0 unspecified atom stereocenters. The summed E-state index contributed by atoms with van der Waals surface area (Å²) in [4.78, 5) is 9.96. The third kappa shape index (κ3) is 0.804. The summed E-state index contributed by atoms with van der Waals surface area (Å²) in [5, 5.41) is 8.18. The molecule has 1 N–H and O–H groups in total. The minimum absolute atomic E-state index is 0.218. The van der Waals surface area contributed by atoms with Crippen LogP contribution in [0.25, 0.3) is 0 Å². The molecule has 2 nitrogen and oxygen atoms in total. The third-order valence-electron chi connectivity index (χ3n) is 1.43. The molecule has 0 amide bonds. The zero-order chi connectivity index (χ0) is 6.15. The molecule has 1 aliphatic carbocycles. The van der Waals surface area contributed by atoms with Crippen molar-refractivity contribution < 1.29 is 14.3 Å². The number of rotatable bonds is 1. The Kier molecular flexibility index (Phi) is 1.19. The van der Waals surface area contributed by atoms with E-state index in [-0.39, 0.29) is 12.8 Å². The van der Waals surface area contributed by atoms with Gasteiger partial charge in [0.05, 0.1) is 5.92 Å². The van der Waals surface area contributed by atoms with E-state index >= 15 is 0 Å². The van der Waals surface area contributed by atoms with E-state index in [1.165, 1.54) is 0 Å². The molecule has 0 saturated heterocycles. The van der Waals surface area contributed by atoms with Crippen molar-refractivity contribution >= 4 is 5.97 Å². The maximum absolute atomic E-state index is 11.9. The van der Waals surface area contributed by atoms with Crippen molar-refractivity contribution in [1.82, 2.24) is 0 Å². The third-order valence-corrected chi connectivity index (χ3v) is 1.43. The second kappa shape index (κ2) is 1.73. The van der Waals surface area contributed by atoms with Crippen LogP contribution in [-0.4, -0.2) is 17.2 Å². The van der Waals surface area contributed by atoms with Crippen molar-refractivity contribution in [3.8, 4) is 0 Å². The SMILES string of the molecule is O=C(O)[C@H]1C[C@H](F)C1. The first-order valence-corrected chi connectivity index (χ1v) is 2.57. The average Bonchev–Trinajstić information content (AvgIpc) is 1.57. The fraction of sp³-hybridized carbons (Fsp3) is 0.800. The van der Waals surface area contributed by atoms with Gasteiger partial charge in [-0.15, -0.1) is 0 Å². The summed E-state index contributed by atoms with van der Waals surface area (Å²) >= 11 is 0. The van der Waals surface area contributed by atoms with Gasteiger partial charge in [-0.3, -0.25) is 4.79 Å². The predicted molar refractivity (Wildman–Crippen MR) is 25.3 cm³/mol. The van der Waals surface area contributed by atoms with Gasteiger partial charge in [-0.25, -0.2) is 4.39 Å². The number of carboxylic acid groups (broad SMARTS) is 1. The van der Waals surface area contributed by atoms with E-state index < -0.39 is 18.1 Å². The van der Waals surface area contributed by atoms with Crippen LogP contribution in [-0.2, 0) is 4.79 Å². The molecule has 0 bridgehead atoms. The van der Waals surface area contributed by atoms with Gasteiger partial charge >= 0.3 is 5.97 Å². The Balaban J connectivity index is 2.25. The first-order chi connectivity index (χ1) is 3.70. The van der Waals surface area contributed by atoms with Crippen LogP contribution in [0.4, 0.5) is 4.39 Å². The van der Waals surface area contributed by atoms with Crippen molar-refractivity contribution in [2.75, 3.05) is 0 Å². The molecular formula is C5H7FO2. The van der Waals surface area contributed by atoms with Crippen molar-refractivity contribution in [3.63, 3.8) is 0 Å². The van der Waals surface area contributed by atoms with E-state index in [1.54, 1.807) is 0 Å². The molecule has 0 spiro atoms. The van der Waals surface area contributed by atoms with E-state index in [4.69, 9.17) is 5.11 Å². The first kappa shape index (κ1) is 5.54. The van der Waals surface area contributed by atoms with Crippen LogP contribution in [0.2, 0.25) is 0 Å². The quantitative estimate of drug-likeness (QED) is 0.553. The molecule has 0 aromatic rings. The number of aliphatic carboxylic acids is 1. The lowest BCUT2D eigenvalue weighted by Crippen LogP contribution is -2.31. The second-order valence-electron chi connectivity index (χ2n) is 2.10. The van der Waals surface area contributed by atoms with Gasteiger partial charge in [-0.1, -0.05) is 0 Å². The lowest BCUT2D eigenvalue weighted by Gasteiger charge is -2.24. The highest BCUT2D eigenvalue weighted by molar-refractivity contribution is 5.71. The summed E-state index contributed by atoms with van der Waals surface area (Å²) in [6.07, 6.45) is -0.416. The second-order valence-corrected chi connectivity index (χ2v) is 2.10. The smallest absolute Gasteiger partial charge is 0.306 e. The summed E-state index contributed by atoms with van der Waals surface area (Å²) in [6.45, 7) is 0. The number of halogens is 1. The molecule has 3 heteroatoms. The van der Waals surface area contributed by atoms with Crippen molar-refractivity contribution in [3.05, 3.63) is 0 Å². The van der Waals surface area contributed by atoms with E-state index in [9.17, 15) is 9.18 Å². The zero-order valence-corrected chi connectivity index (χ0v) is 4.30. The van der Waals surface area contributed by atoms with Crippen molar-refractivity contribution in [1.29, 1.82) is 0 Å². The van der Waals surface area contributed by atoms with Crippen LogP contribution < -0.4 is 0 Å². The minimum Gasteiger partial charge on any atom is -0.481 e. The molecule has 0 atom stereocenters. The Morgan fingerprint density at radius 3 is 2.25 bits per heavy atom. The topological polar surface area (TPSA) is 37.3 Å². The van der Waals surface area contributed by atoms with E-state index in [1.807, 2.05) is 0 Å². The number of carbonyl (C=O) groups is 1. The Hall–Kier alpha value is -0.600. The molecule has 46 valence electrons. The molecule has 0 aromatic carbocycles. The van der Waals surface area contributed by atoms with Gasteiger partial charge in [0.2, 0.25) is 0 Å². The van der Waals surface area contributed by atoms with Crippen LogP contribution >= 0.6 is 0 Å². The fourth-order valence-electron chi connectivity index (χ4n) is 0.750. The van der Waals surface area contributed by atoms with Crippen LogP contribution in [0.1, 0.15) is 12.8 Å². The highest BCUT2D eigenvalue weighted by Crippen LogP contribution is 2.29. The molecule has 1 fully saturated rings. The number of alkyl halides is 1. The van der Waals surface area contributed by atoms with Crippen LogP contribution in [0.15, 0.2) is 0 Å². The molecule has 1 rings (SSSR count). The van der Waals surface area contributed by atoms with Crippen LogP contribution in [0.3, 0.4) is 0 Å². The standard InChI is InChI=1S/C5H7FO2/c6-4-1-3(2-4)5(7)8/h3-4H,1-2H2,(H,7,8)/t3-,4-. The summed E-state index contributed by atoms with van der Waals surface area (Å²) in [5.74, 6) is -1.26. The van der Waals surface area contributed by atoms with E-state index in [0.717, 1.165) is 0 Å². The van der Waals surface area contributed by atoms with Gasteiger partial charge in [0.25, 0.3) is 0 Å². The fourth-order valence-corrected chi connectivity index (χ4v) is 0.750. The van der Waals surface area contributed by atoms with E-state index in [2.05, 4.69) is 0 Å².